The van der Waals surface area contributed by atoms with E-state index in [2.05, 4.69) is 0 Å². The van der Waals surface area contributed by atoms with Gasteiger partial charge in [-0.05, 0) is 0 Å². The van der Waals surface area contributed by atoms with Gasteiger partial charge in [-0.15, -0.1) is 0 Å². The fourth-order valence-corrected chi connectivity index (χ4v) is 0. The van der Waals surface area contributed by atoms with Crippen molar-refractivity contribution >= 4 is 106 Å². The van der Waals surface area contributed by atoms with Crippen LogP contribution in [0, 0.1) is 0 Å². The Morgan fingerprint density at radius 2 is 0.167 bits per heavy atom. The van der Waals surface area contributed by atoms with E-state index in [0.717, 1.165) is 0 Å². The summed E-state index contributed by atoms with van der Waals surface area (Å²) in [5.74, 6) is 0. The molecule has 0 fully saturated rings. The van der Waals surface area contributed by atoms with Crippen LogP contribution in [-0.4, -0.2) is 106 Å². The minimum absolute atomic E-state index is 0. The second-order valence-electron chi connectivity index (χ2n) is 0. The molecular weight excluding hydrogens is 436 g/mol. The Hall–Kier alpha value is 3.26. The Labute approximate surface area is 104 Å². The van der Waals surface area contributed by atoms with Crippen LogP contribution < -0.4 is 0 Å². The number of rotatable bonds is 0. The standard InChI is InChI=1S/6GeH2/h6*1H2. The molecule has 0 unspecified atom stereocenters. The van der Waals surface area contributed by atoms with Crippen molar-refractivity contribution < 1.29 is 0 Å². The van der Waals surface area contributed by atoms with E-state index in [0.29, 0.717) is 0 Å². The quantitative estimate of drug-likeness (QED) is 0.325. The van der Waals surface area contributed by atoms with Crippen molar-refractivity contribution in [1.82, 2.24) is 0 Å². The van der Waals surface area contributed by atoms with Gasteiger partial charge in [0, 0.05) is 0 Å². The van der Waals surface area contributed by atoms with Gasteiger partial charge in [-0.1, -0.05) is 0 Å². The monoisotopic (exact) mass is 456 g/mol. The van der Waals surface area contributed by atoms with Gasteiger partial charge < -0.3 is 0 Å². The van der Waals surface area contributed by atoms with Gasteiger partial charge in [-0.3, -0.25) is 0 Å². The molecule has 0 N–H and O–H groups in total. The fourth-order valence-electron chi connectivity index (χ4n) is 0. The summed E-state index contributed by atoms with van der Waals surface area (Å²) in [4.78, 5) is 0. The molecule has 0 aliphatic heterocycles. The first-order valence-corrected chi connectivity index (χ1v) is 0. The van der Waals surface area contributed by atoms with E-state index in [4.69, 9.17) is 0 Å². The van der Waals surface area contributed by atoms with Crippen LogP contribution in [0.4, 0.5) is 0 Å². The molecule has 0 spiro atoms. The molecule has 0 nitrogen and oxygen atoms in total. The molecule has 6 heavy (non-hydrogen) atoms. The molecule has 36 valence electrons. The van der Waals surface area contributed by atoms with Crippen molar-refractivity contribution in [1.29, 1.82) is 0 Å². The summed E-state index contributed by atoms with van der Waals surface area (Å²) < 4.78 is 0. The van der Waals surface area contributed by atoms with E-state index >= 15 is 0 Å². The number of hydrogen-bond acceptors (Lipinski definition) is 0. The molecule has 0 aromatic heterocycles. The van der Waals surface area contributed by atoms with E-state index in [1.807, 2.05) is 0 Å². The van der Waals surface area contributed by atoms with Crippen LogP contribution in [0.1, 0.15) is 0 Å². The van der Waals surface area contributed by atoms with Crippen LogP contribution >= 0.6 is 0 Å². The molecule has 0 rings (SSSR count). The Kier molecular flexibility index (Phi) is 406. The first-order valence-electron chi connectivity index (χ1n) is 0. The first-order chi connectivity index (χ1) is 0. The van der Waals surface area contributed by atoms with Crippen LogP contribution in [0.15, 0.2) is 0 Å². The summed E-state index contributed by atoms with van der Waals surface area (Å²) in [5, 5.41) is 0. The molecule has 0 aromatic carbocycles. The molecule has 6 heteroatoms. The van der Waals surface area contributed by atoms with Gasteiger partial charge in [0.2, 0.25) is 0 Å². The van der Waals surface area contributed by atoms with E-state index in [-0.39, 0.29) is 106 Å². The number of hydrogen-bond donors (Lipinski definition) is 0. The zero-order valence-corrected chi connectivity index (χ0v) is 22.0. The summed E-state index contributed by atoms with van der Waals surface area (Å²) in [6.45, 7) is 0. The van der Waals surface area contributed by atoms with E-state index in [9.17, 15) is 0 Å². The first kappa shape index (κ1) is 59.5. The maximum absolute atomic E-state index is 0. The topological polar surface area (TPSA) is 0 Å². The van der Waals surface area contributed by atoms with Crippen molar-refractivity contribution in [2.45, 2.75) is 0 Å². The van der Waals surface area contributed by atoms with Gasteiger partial charge in [-0.25, -0.2) is 0 Å². The molecule has 0 aromatic rings. The second-order valence-corrected chi connectivity index (χ2v) is 0. The molecule has 0 saturated carbocycles. The molecule has 0 amide bonds. The van der Waals surface area contributed by atoms with Gasteiger partial charge >= 0.3 is 106 Å². The van der Waals surface area contributed by atoms with E-state index in [1.54, 1.807) is 0 Å². The zero-order valence-electron chi connectivity index (χ0n) is 4.24. The molecular formula is H12Ge6. The van der Waals surface area contributed by atoms with E-state index in [1.165, 1.54) is 0 Å². The van der Waals surface area contributed by atoms with Crippen LogP contribution in [0.3, 0.4) is 0 Å². The van der Waals surface area contributed by atoms with Crippen molar-refractivity contribution in [3.05, 3.63) is 0 Å². The predicted molar refractivity (Wildman–Crippen MR) is 51.3 cm³/mol. The molecule has 0 heterocycles. The van der Waals surface area contributed by atoms with Crippen LogP contribution in [0.2, 0.25) is 0 Å². The summed E-state index contributed by atoms with van der Waals surface area (Å²) in [5.41, 5.74) is 0. The Bertz CT molecular complexity index is 0. The molecule has 0 saturated heterocycles. The SMILES string of the molecule is [GeH2].[GeH2].[GeH2].[GeH2].[GeH2].[GeH2]. The van der Waals surface area contributed by atoms with E-state index < -0.39 is 0 Å². The summed E-state index contributed by atoms with van der Waals surface area (Å²) in [7, 11) is 0. The fraction of sp³-hybridized carbons (Fsp3) is 0. The minimum atomic E-state index is 0. The summed E-state index contributed by atoms with van der Waals surface area (Å²) in [6.07, 6.45) is 0. The third kappa shape index (κ3) is 26.8. The summed E-state index contributed by atoms with van der Waals surface area (Å²) >= 11 is 0. The Morgan fingerprint density at radius 1 is 0.167 bits per heavy atom. The molecule has 0 bridgehead atoms. The third-order valence-electron chi connectivity index (χ3n) is 0. The molecule has 0 aliphatic carbocycles. The van der Waals surface area contributed by atoms with Crippen molar-refractivity contribution in [3.8, 4) is 0 Å². The molecule has 12 radical (unpaired) electrons. The van der Waals surface area contributed by atoms with Crippen LogP contribution in [0.5, 0.6) is 0 Å². The van der Waals surface area contributed by atoms with Crippen molar-refractivity contribution in [3.63, 3.8) is 0 Å². The van der Waals surface area contributed by atoms with Gasteiger partial charge in [-0.2, -0.15) is 0 Å². The molecule has 0 aliphatic rings. The molecule has 0 atom stereocenters. The van der Waals surface area contributed by atoms with Gasteiger partial charge in [0.05, 0.1) is 0 Å². The van der Waals surface area contributed by atoms with Crippen molar-refractivity contribution in [2.24, 2.45) is 0 Å². The van der Waals surface area contributed by atoms with Gasteiger partial charge in [0.25, 0.3) is 0 Å². The average molecular weight is 448 g/mol. The van der Waals surface area contributed by atoms with Gasteiger partial charge in [0.1, 0.15) is 0 Å². The van der Waals surface area contributed by atoms with Crippen LogP contribution in [-0.2, 0) is 0 Å². The van der Waals surface area contributed by atoms with Crippen molar-refractivity contribution in [2.75, 3.05) is 0 Å². The Balaban J connectivity index is 0. The summed E-state index contributed by atoms with van der Waals surface area (Å²) in [6, 6.07) is 0. The predicted octanol–water partition coefficient (Wildman–Crippen LogP) is -5.50. The maximum atomic E-state index is 0. The second kappa shape index (κ2) is 41.0. The third-order valence-corrected chi connectivity index (χ3v) is 0. The van der Waals surface area contributed by atoms with Gasteiger partial charge in [0.15, 0.2) is 0 Å². The van der Waals surface area contributed by atoms with Crippen LogP contribution in [0.25, 0.3) is 0 Å². The average Bonchev–Trinajstić information content (AvgIpc) is 0. The Morgan fingerprint density at radius 3 is 0.167 bits per heavy atom. The normalized spacial score (nSPS) is 0. The zero-order chi connectivity index (χ0) is 0.